The van der Waals surface area contributed by atoms with Crippen molar-refractivity contribution >= 4 is 22.6 Å². The van der Waals surface area contributed by atoms with Crippen LogP contribution in [-0.4, -0.2) is 24.4 Å². The third-order valence-corrected chi connectivity index (χ3v) is 4.64. The Bertz CT molecular complexity index is 1120. The van der Waals surface area contributed by atoms with Crippen LogP contribution in [0, 0.1) is 6.92 Å². The molecule has 144 valence electrons. The van der Waals surface area contributed by atoms with Crippen LogP contribution < -0.4 is 20.3 Å². The predicted molar refractivity (Wildman–Crippen MR) is 105 cm³/mol. The van der Waals surface area contributed by atoms with E-state index in [-0.39, 0.29) is 19.0 Å². The first-order valence-electron chi connectivity index (χ1n) is 9.03. The smallest absolute Gasteiger partial charge is 0.345 e. The first kappa shape index (κ1) is 17.9. The van der Waals surface area contributed by atoms with E-state index < -0.39 is 11.5 Å². The molecule has 7 heteroatoms. The number of carbonyl (C=O) groups is 1. The van der Waals surface area contributed by atoms with Gasteiger partial charge in [-0.1, -0.05) is 24.3 Å². The third-order valence-electron chi connectivity index (χ3n) is 4.64. The lowest BCUT2D eigenvalue weighted by Gasteiger charge is -2.15. The number of aromatic nitrogens is 1. The zero-order valence-electron chi connectivity index (χ0n) is 15.6. The predicted octanol–water partition coefficient (Wildman–Crippen LogP) is 3.35. The molecule has 0 amide bonds. The van der Waals surface area contributed by atoms with Crippen LogP contribution in [0.5, 0.6) is 11.5 Å². The van der Waals surface area contributed by atoms with Crippen molar-refractivity contribution in [1.29, 1.82) is 0 Å². The number of anilines is 1. The molecule has 0 saturated carbocycles. The van der Waals surface area contributed by atoms with E-state index in [1.165, 1.54) is 0 Å². The SMILES string of the molecule is CCOC(=O)c1c(NCc2ccc3c(c2)OCO3)c2cccc(C)c2[nH]c1=O. The summed E-state index contributed by atoms with van der Waals surface area (Å²) < 4.78 is 15.8. The highest BCUT2D eigenvalue weighted by Crippen LogP contribution is 2.33. The van der Waals surface area contributed by atoms with Crippen molar-refractivity contribution in [3.8, 4) is 11.5 Å². The largest absolute Gasteiger partial charge is 0.462 e. The Morgan fingerprint density at radius 3 is 2.86 bits per heavy atom. The topological polar surface area (TPSA) is 89.7 Å². The number of fused-ring (bicyclic) bond motifs is 2. The van der Waals surface area contributed by atoms with Crippen LogP contribution in [0.15, 0.2) is 41.2 Å². The lowest BCUT2D eigenvalue weighted by atomic mass is 10.1. The normalized spacial score (nSPS) is 12.2. The summed E-state index contributed by atoms with van der Waals surface area (Å²) in [5.74, 6) is 0.727. The van der Waals surface area contributed by atoms with Crippen molar-refractivity contribution in [1.82, 2.24) is 4.98 Å². The third kappa shape index (κ3) is 3.15. The van der Waals surface area contributed by atoms with E-state index in [0.717, 1.165) is 16.5 Å². The van der Waals surface area contributed by atoms with Gasteiger partial charge in [0.15, 0.2) is 11.5 Å². The van der Waals surface area contributed by atoms with Crippen LogP contribution in [0.25, 0.3) is 10.9 Å². The molecule has 2 aromatic carbocycles. The molecular weight excluding hydrogens is 360 g/mol. The van der Waals surface area contributed by atoms with E-state index >= 15 is 0 Å². The number of pyridine rings is 1. The van der Waals surface area contributed by atoms with Crippen LogP contribution in [0.2, 0.25) is 0 Å². The van der Waals surface area contributed by atoms with Crippen LogP contribution >= 0.6 is 0 Å². The summed E-state index contributed by atoms with van der Waals surface area (Å²) in [6.07, 6.45) is 0. The zero-order valence-corrected chi connectivity index (χ0v) is 15.6. The number of aryl methyl sites for hydroxylation is 1. The number of esters is 1. The molecule has 0 spiro atoms. The van der Waals surface area contributed by atoms with Gasteiger partial charge in [-0.25, -0.2) is 4.79 Å². The molecule has 0 bridgehead atoms. The summed E-state index contributed by atoms with van der Waals surface area (Å²) in [7, 11) is 0. The van der Waals surface area contributed by atoms with Gasteiger partial charge in [0.05, 0.1) is 17.8 Å². The lowest BCUT2D eigenvalue weighted by molar-refractivity contribution is 0.0525. The quantitative estimate of drug-likeness (QED) is 0.660. The molecule has 0 atom stereocenters. The molecule has 2 heterocycles. The molecule has 1 aromatic heterocycles. The molecule has 1 aliphatic rings. The van der Waals surface area contributed by atoms with E-state index in [2.05, 4.69) is 10.3 Å². The highest BCUT2D eigenvalue weighted by atomic mass is 16.7. The summed E-state index contributed by atoms with van der Waals surface area (Å²) in [6, 6.07) is 11.3. The summed E-state index contributed by atoms with van der Waals surface area (Å²) in [6.45, 7) is 4.40. The van der Waals surface area contributed by atoms with Crippen LogP contribution in [0.3, 0.4) is 0 Å². The molecule has 7 nitrogen and oxygen atoms in total. The Hall–Kier alpha value is -3.48. The number of nitrogens with one attached hydrogen (secondary N) is 2. The lowest BCUT2D eigenvalue weighted by Crippen LogP contribution is -2.23. The monoisotopic (exact) mass is 380 g/mol. The summed E-state index contributed by atoms with van der Waals surface area (Å²) in [5, 5.41) is 4.01. The Kier molecular flexibility index (Phi) is 4.65. The van der Waals surface area contributed by atoms with Crippen molar-refractivity contribution in [3.05, 3.63) is 63.4 Å². The fourth-order valence-electron chi connectivity index (χ4n) is 3.29. The van der Waals surface area contributed by atoms with Gasteiger partial charge in [-0.3, -0.25) is 4.79 Å². The molecule has 0 saturated heterocycles. The minimum absolute atomic E-state index is 0.0271. The molecule has 2 N–H and O–H groups in total. The van der Waals surface area contributed by atoms with Gasteiger partial charge < -0.3 is 24.5 Å². The Morgan fingerprint density at radius 2 is 2.04 bits per heavy atom. The van der Waals surface area contributed by atoms with Gasteiger partial charge in [0.25, 0.3) is 5.56 Å². The van der Waals surface area contributed by atoms with Crippen molar-refractivity contribution < 1.29 is 19.0 Å². The van der Waals surface area contributed by atoms with Gasteiger partial charge in [-0.2, -0.15) is 0 Å². The maximum atomic E-state index is 12.7. The van der Waals surface area contributed by atoms with Crippen molar-refractivity contribution in [2.45, 2.75) is 20.4 Å². The van der Waals surface area contributed by atoms with Gasteiger partial charge in [0.2, 0.25) is 6.79 Å². The van der Waals surface area contributed by atoms with Crippen LogP contribution in [-0.2, 0) is 11.3 Å². The average molecular weight is 380 g/mol. The van der Waals surface area contributed by atoms with Crippen molar-refractivity contribution in [3.63, 3.8) is 0 Å². The summed E-state index contributed by atoms with van der Waals surface area (Å²) in [4.78, 5) is 27.9. The number of ether oxygens (including phenoxy) is 3. The standard InChI is InChI=1S/C21H20N2O5/c1-3-26-21(25)17-19(14-6-4-5-12(2)18(14)23-20(17)24)22-10-13-7-8-15-16(9-13)28-11-27-15/h4-9H,3,10-11H2,1-2H3,(H2,22,23,24). The molecule has 28 heavy (non-hydrogen) atoms. The number of H-pyrrole nitrogens is 1. The van der Waals surface area contributed by atoms with Crippen molar-refractivity contribution in [2.24, 2.45) is 0 Å². The second kappa shape index (κ2) is 7.26. The summed E-state index contributed by atoms with van der Waals surface area (Å²) in [5.41, 5.74) is 2.48. The number of hydrogen-bond acceptors (Lipinski definition) is 6. The number of rotatable bonds is 5. The van der Waals surface area contributed by atoms with Crippen molar-refractivity contribution in [2.75, 3.05) is 18.7 Å². The molecular formula is C21H20N2O5. The Labute approximate surface area is 161 Å². The first-order chi connectivity index (χ1) is 13.6. The van der Waals surface area contributed by atoms with E-state index in [1.54, 1.807) is 6.92 Å². The van der Waals surface area contributed by atoms with Gasteiger partial charge in [-0.15, -0.1) is 0 Å². The maximum absolute atomic E-state index is 12.7. The average Bonchev–Trinajstić information content (AvgIpc) is 3.14. The fourth-order valence-corrected chi connectivity index (χ4v) is 3.29. The highest BCUT2D eigenvalue weighted by Gasteiger charge is 2.21. The van der Waals surface area contributed by atoms with Crippen LogP contribution in [0.4, 0.5) is 5.69 Å². The second-order valence-corrected chi connectivity index (χ2v) is 6.46. The molecule has 0 radical (unpaired) electrons. The molecule has 1 aliphatic heterocycles. The minimum Gasteiger partial charge on any atom is -0.462 e. The Balaban J connectivity index is 1.77. The van der Waals surface area contributed by atoms with E-state index in [0.29, 0.717) is 29.2 Å². The van der Waals surface area contributed by atoms with Gasteiger partial charge in [0, 0.05) is 11.9 Å². The highest BCUT2D eigenvalue weighted by molar-refractivity contribution is 6.05. The molecule has 0 unspecified atom stereocenters. The van der Waals surface area contributed by atoms with Crippen LogP contribution in [0.1, 0.15) is 28.4 Å². The van der Waals surface area contributed by atoms with E-state index in [9.17, 15) is 9.59 Å². The van der Waals surface area contributed by atoms with E-state index in [1.807, 2.05) is 43.3 Å². The van der Waals surface area contributed by atoms with E-state index in [4.69, 9.17) is 14.2 Å². The Morgan fingerprint density at radius 1 is 1.21 bits per heavy atom. The number of aromatic amines is 1. The zero-order chi connectivity index (χ0) is 19.7. The number of para-hydroxylation sites is 1. The molecule has 3 aromatic rings. The van der Waals surface area contributed by atoms with Gasteiger partial charge >= 0.3 is 5.97 Å². The minimum atomic E-state index is -0.652. The molecule has 0 fully saturated rings. The molecule has 0 aliphatic carbocycles. The van der Waals surface area contributed by atoms with Gasteiger partial charge in [0.1, 0.15) is 5.56 Å². The second-order valence-electron chi connectivity index (χ2n) is 6.46. The fraction of sp³-hybridized carbons (Fsp3) is 0.238. The number of hydrogen-bond donors (Lipinski definition) is 2. The maximum Gasteiger partial charge on any atom is 0.345 e. The number of carbonyl (C=O) groups excluding carboxylic acids is 1. The summed E-state index contributed by atoms with van der Waals surface area (Å²) >= 11 is 0. The molecule has 4 rings (SSSR count). The number of benzene rings is 2. The van der Waals surface area contributed by atoms with Gasteiger partial charge in [-0.05, 0) is 37.1 Å². The first-order valence-corrected chi connectivity index (χ1v) is 9.03.